The second kappa shape index (κ2) is 8.09. The van der Waals surface area contributed by atoms with E-state index in [0.717, 1.165) is 16.2 Å². The highest BCUT2D eigenvalue weighted by Crippen LogP contribution is 2.36. The van der Waals surface area contributed by atoms with Gasteiger partial charge in [0.2, 0.25) is 10.9 Å². The Morgan fingerprint density at radius 1 is 1.24 bits per heavy atom. The van der Waals surface area contributed by atoms with E-state index in [1.165, 1.54) is 7.11 Å². The summed E-state index contributed by atoms with van der Waals surface area (Å²) in [4.78, 5) is 17.3. The average molecular weight is 444 g/mol. The molecule has 0 aromatic carbocycles. The van der Waals surface area contributed by atoms with E-state index in [-0.39, 0.29) is 30.0 Å². The molecule has 0 radical (unpaired) electrons. The Morgan fingerprint density at radius 3 is 2.59 bits per heavy atom. The molecule has 29 heavy (non-hydrogen) atoms. The largest absolute Gasteiger partial charge is 0.435 e. The molecule has 1 aliphatic rings. The molecule has 162 valence electrons. The summed E-state index contributed by atoms with van der Waals surface area (Å²) < 4.78 is 83.6. The highest BCUT2D eigenvalue weighted by atomic mass is 32.1. The fourth-order valence-electron chi connectivity index (χ4n) is 3.26. The number of ether oxygens (including phenoxy) is 1. The van der Waals surface area contributed by atoms with Crippen molar-refractivity contribution in [3.63, 3.8) is 0 Å². The number of likely N-dealkylation sites (tertiary alicyclic amines) is 1. The van der Waals surface area contributed by atoms with Crippen LogP contribution in [0.15, 0.2) is 0 Å². The molecule has 0 N–H and O–H groups in total. The Morgan fingerprint density at radius 2 is 1.97 bits per heavy atom. The van der Waals surface area contributed by atoms with Gasteiger partial charge >= 0.3 is 12.4 Å². The van der Waals surface area contributed by atoms with Gasteiger partial charge in [0, 0.05) is 32.9 Å². The topological polar surface area (TPSA) is 59.7 Å². The zero-order chi connectivity index (χ0) is 21.4. The van der Waals surface area contributed by atoms with Crippen LogP contribution in [0.5, 0.6) is 0 Å². The number of fused-ring (bicyclic) bond motifs is 1. The number of imidazole rings is 1. The first-order valence-electron chi connectivity index (χ1n) is 8.76. The molecule has 2 aromatic rings. The monoisotopic (exact) mass is 444 g/mol. The normalized spacial score (nSPS) is 18.4. The summed E-state index contributed by atoms with van der Waals surface area (Å²) in [6, 6.07) is 0. The number of carbonyl (C=O) groups is 1. The molecule has 13 heteroatoms. The summed E-state index contributed by atoms with van der Waals surface area (Å²) in [5.41, 5.74) is -1.43. The van der Waals surface area contributed by atoms with Crippen LogP contribution in [0, 0.1) is 5.92 Å². The van der Waals surface area contributed by atoms with Crippen molar-refractivity contribution in [2.75, 3.05) is 20.3 Å². The van der Waals surface area contributed by atoms with Crippen molar-refractivity contribution in [1.29, 1.82) is 0 Å². The summed E-state index contributed by atoms with van der Waals surface area (Å²) in [6.07, 6.45) is -10.1. The van der Waals surface area contributed by atoms with Gasteiger partial charge in [-0.15, -0.1) is 0 Å². The van der Waals surface area contributed by atoms with Crippen molar-refractivity contribution < 1.29 is 35.9 Å². The van der Waals surface area contributed by atoms with Crippen molar-refractivity contribution in [2.45, 2.75) is 44.6 Å². The van der Waals surface area contributed by atoms with Gasteiger partial charge in [-0.1, -0.05) is 11.3 Å². The van der Waals surface area contributed by atoms with Gasteiger partial charge in [-0.2, -0.15) is 36.0 Å². The molecule has 0 bridgehead atoms. The molecule has 3 rings (SSSR count). The molecular formula is C16H18F6N4O2S. The lowest BCUT2D eigenvalue weighted by Gasteiger charge is -2.17. The lowest BCUT2D eigenvalue weighted by molar-refractivity contribution is -0.144. The summed E-state index contributed by atoms with van der Waals surface area (Å²) in [5.74, 6) is -1.02. The van der Waals surface area contributed by atoms with Crippen molar-refractivity contribution in [3.8, 4) is 0 Å². The molecule has 2 aromatic heterocycles. The Hall–Kier alpha value is -1.89. The number of hydrogen-bond donors (Lipinski definition) is 0. The van der Waals surface area contributed by atoms with Crippen LogP contribution < -0.4 is 0 Å². The number of halogens is 6. The fraction of sp³-hybridized carbons (Fsp3) is 0.688. The van der Waals surface area contributed by atoms with Crippen molar-refractivity contribution >= 4 is 22.2 Å². The zero-order valence-corrected chi connectivity index (χ0v) is 16.1. The van der Waals surface area contributed by atoms with E-state index in [4.69, 9.17) is 4.74 Å². The molecule has 0 spiro atoms. The predicted octanol–water partition coefficient (Wildman–Crippen LogP) is 3.69. The Bertz CT molecular complexity index is 875. The smallest absolute Gasteiger partial charge is 0.384 e. The standard InChI is InChI=1S/C16H18F6N4O2S/c1-28-5-3-11-24-26-13(16(20,21)22)10(23-14(26)29-11)8-25-7-9(6-12(25)27)2-4-15(17,18)19/h9H,2-8H2,1H3. The van der Waals surface area contributed by atoms with Crippen LogP contribution in [-0.2, 0) is 28.7 Å². The van der Waals surface area contributed by atoms with Gasteiger partial charge < -0.3 is 9.64 Å². The molecule has 6 nitrogen and oxygen atoms in total. The third kappa shape index (κ3) is 5.18. The van der Waals surface area contributed by atoms with Crippen LogP contribution in [0.3, 0.4) is 0 Å². The average Bonchev–Trinajstić information content (AvgIpc) is 3.22. The Labute approximate surface area is 165 Å². The van der Waals surface area contributed by atoms with E-state index in [2.05, 4.69) is 10.1 Å². The summed E-state index contributed by atoms with van der Waals surface area (Å²) >= 11 is 0.991. The van der Waals surface area contributed by atoms with E-state index in [1.54, 1.807) is 0 Å². The molecular weight excluding hydrogens is 426 g/mol. The minimum absolute atomic E-state index is 0.0239. The molecule has 0 aliphatic carbocycles. The molecule has 3 heterocycles. The van der Waals surface area contributed by atoms with E-state index in [9.17, 15) is 31.1 Å². The first-order valence-corrected chi connectivity index (χ1v) is 9.57. The Kier molecular flexibility index (Phi) is 6.08. The third-order valence-corrected chi connectivity index (χ3v) is 5.55. The first kappa shape index (κ1) is 21.8. The van der Waals surface area contributed by atoms with Crippen molar-refractivity contribution in [1.82, 2.24) is 19.5 Å². The van der Waals surface area contributed by atoms with Crippen molar-refractivity contribution in [3.05, 3.63) is 16.4 Å². The third-order valence-electron chi connectivity index (χ3n) is 4.58. The molecule has 1 fully saturated rings. The molecule has 1 saturated heterocycles. The van der Waals surface area contributed by atoms with Crippen LogP contribution in [-0.4, -0.2) is 51.8 Å². The fourth-order valence-corrected chi connectivity index (χ4v) is 4.16. The molecule has 1 aliphatic heterocycles. The SMILES string of the molecule is COCCc1nn2c(C(F)(F)F)c(CN3CC(CCC(F)(F)F)CC3=O)nc2s1. The van der Waals surface area contributed by atoms with E-state index >= 15 is 0 Å². The Balaban J connectivity index is 1.79. The maximum absolute atomic E-state index is 13.6. The van der Waals surface area contributed by atoms with Gasteiger partial charge in [0.1, 0.15) is 5.01 Å². The van der Waals surface area contributed by atoms with Crippen LogP contribution in [0.1, 0.15) is 35.7 Å². The highest BCUT2D eigenvalue weighted by Gasteiger charge is 2.41. The van der Waals surface area contributed by atoms with Crippen molar-refractivity contribution in [2.24, 2.45) is 5.92 Å². The van der Waals surface area contributed by atoms with Gasteiger partial charge in [-0.25, -0.2) is 4.98 Å². The minimum Gasteiger partial charge on any atom is -0.384 e. The van der Waals surface area contributed by atoms with Gasteiger partial charge in [0.15, 0.2) is 5.69 Å². The quantitative estimate of drug-likeness (QED) is 0.612. The summed E-state index contributed by atoms with van der Waals surface area (Å²) in [7, 11) is 1.47. The number of methoxy groups -OCH3 is 1. The van der Waals surface area contributed by atoms with E-state index in [1.807, 2.05) is 0 Å². The molecule has 1 unspecified atom stereocenters. The van der Waals surface area contributed by atoms with E-state index in [0.29, 0.717) is 22.6 Å². The number of nitrogens with zero attached hydrogens (tertiary/aromatic N) is 4. The minimum atomic E-state index is -4.75. The predicted molar refractivity (Wildman–Crippen MR) is 90.3 cm³/mol. The van der Waals surface area contributed by atoms with Crippen LogP contribution >= 0.6 is 11.3 Å². The molecule has 0 saturated carbocycles. The second-order valence-corrected chi connectivity index (χ2v) is 7.88. The lowest BCUT2D eigenvalue weighted by Crippen LogP contribution is -2.27. The van der Waals surface area contributed by atoms with Gasteiger partial charge in [-0.05, 0) is 12.3 Å². The zero-order valence-electron chi connectivity index (χ0n) is 15.3. The number of amides is 1. The van der Waals surface area contributed by atoms with Crippen LogP contribution in [0.25, 0.3) is 4.96 Å². The van der Waals surface area contributed by atoms with Crippen LogP contribution in [0.2, 0.25) is 0 Å². The number of hydrogen-bond acceptors (Lipinski definition) is 5. The second-order valence-electron chi connectivity index (χ2n) is 6.84. The van der Waals surface area contributed by atoms with E-state index < -0.39 is 42.8 Å². The maximum atomic E-state index is 13.6. The van der Waals surface area contributed by atoms with Gasteiger partial charge in [0.05, 0.1) is 18.8 Å². The number of alkyl halides is 6. The maximum Gasteiger partial charge on any atom is 0.435 e. The highest BCUT2D eigenvalue weighted by molar-refractivity contribution is 7.16. The molecule has 1 amide bonds. The lowest BCUT2D eigenvalue weighted by atomic mass is 10.0. The molecule has 1 atom stereocenters. The first-order chi connectivity index (χ1) is 13.5. The number of aromatic nitrogens is 3. The number of rotatable bonds is 7. The van der Waals surface area contributed by atoms with Crippen LogP contribution in [0.4, 0.5) is 26.3 Å². The summed E-state index contributed by atoms with van der Waals surface area (Å²) in [5, 5.41) is 4.37. The number of carbonyl (C=O) groups excluding carboxylic acids is 1. The summed E-state index contributed by atoms with van der Waals surface area (Å²) in [6.45, 7) is -0.143. The van der Waals surface area contributed by atoms with Gasteiger partial charge in [0.25, 0.3) is 0 Å². The van der Waals surface area contributed by atoms with Gasteiger partial charge in [-0.3, -0.25) is 4.79 Å².